The average Bonchev–Trinajstić information content (AvgIpc) is 2.66. The monoisotopic (exact) mass is 426 g/mol. The molecule has 1 aliphatic heterocycles. The highest BCUT2D eigenvalue weighted by Gasteiger charge is 2.25. The van der Waals surface area contributed by atoms with Crippen LogP contribution in [0.15, 0.2) is 39.7 Å². The molecule has 0 atom stereocenters. The number of ether oxygens (including phenoxy) is 1. The Balaban J connectivity index is 1.51. The molecule has 6 nitrogen and oxygen atoms in total. The maximum atomic E-state index is 12.5. The van der Waals surface area contributed by atoms with Crippen LogP contribution in [0.25, 0.3) is 0 Å². The van der Waals surface area contributed by atoms with Crippen molar-refractivity contribution in [3.63, 3.8) is 0 Å². The van der Waals surface area contributed by atoms with E-state index in [1.165, 1.54) is 23.5 Å². The minimum Gasteiger partial charge on any atom is -0.482 e. The van der Waals surface area contributed by atoms with Gasteiger partial charge in [-0.2, -0.15) is 0 Å². The van der Waals surface area contributed by atoms with Gasteiger partial charge in [-0.3, -0.25) is 14.5 Å². The van der Waals surface area contributed by atoms with Crippen LogP contribution in [0, 0.1) is 19.3 Å². The molecule has 1 fully saturated rings. The van der Waals surface area contributed by atoms with Crippen LogP contribution in [0.4, 0.5) is 0 Å². The molecule has 0 radical (unpaired) electrons. The van der Waals surface area contributed by atoms with Gasteiger partial charge >= 0.3 is 0 Å². The van der Waals surface area contributed by atoms with Gasteiger partial charge < -0.3 is 14.1 Å². The van der Waals surface area contributed by atoms with Crippen molar-refractivity contribution in [1.82, 2.24) is 9.80 Å². The van der Waals surface area contributed by atoms with Crippen LogP contribution in [0.1, 0.15) is 49.6 Å². The number of carbonyl (C=O) groups is 1. The largest absolute Gasteiger partial charge is 0.482 e. The molecular formula is C25H34N2O4. The van der Waals surface area contributed by atoms with Crippen molar-refractivity contribution in [3.05, 3.63) is 63.2 Å². The number of hydrogen-bond acceptors (Lipinski definition) is 5. The summed E-state index contributed by atoms with van der Waals surface area (Å²) in [5.41, 5.74) is 3.19. The fourth-order valence-electron chi connectivity index (χ4n) is 3.88. The number of amides is 1. The zero-order valence-electron chi connectivity index (χ0n) is 19.4. The lowest BCUT2D eigenvalue weighted by molar-refractivity contribution is -0.134. The number of nitrogens with zero attached hydrogens (tertiary/aromatic N) is 2. The van der Waals surface area contributed by atoms with Crippen molar-refractivity contribution in [3.8, 4) is 5.75 Å². The summed E-state index contributed by atoms with van der Waals surface area (Å²) < 4.78 is 11.4. The number of rotatable bonds is 6. The van der Waals surface area contributed by atoms with Gasteiger partial charge in [0.1, 0.15) is 18.6 Å². The van der Waals surface area contributed by atoms with Crippen molar-refractivity contribution in [2.75, 3.05) is 26.2 Å². The fraction of sp³-hybridized carbons (Fsp3) is 0.520. The van der Waals surface area contributed by atoms with Crippen molar-refractivity contribution >= 4 is 5.91 Å². The molecule has 1 saturated heterocycles. The number of aryl methyl sites for hydroxylation is 2. The van der Waals surface area contributed by atoms with E-state index in [4.69, 9.17) is 9.15 Å². The Labute approximate surface area is 184 Å². The number of piperazine rings is 1. The Hall–Kier alpha value is -2.60. The highest BCUT2D eigenvalue weighted by atomic mass is 16.5. The second kappa shape index (κ2) is 9.69. The molecule has 1 aliphatic rings. The molecule has 1 amide bonds. The normalized spacial score (nSPS) is 15.2. The summed E-state index contributed by atoms with van der Waals surface area (Å²) in [6.45, 7) is 14.2. The SMILES string of the molecule is Cc1cc(C)cc(COc2coc(CN3CCN(C(=O)CC(C)(C)C)CC3)cc2=O)c1. The van der Waals surface area contributed by atoms with Gasteiger partial charge in [-0.1, -0.05) is 50.1 Å². The molecule has 0 spiro atoms. The van der Waals surface area contributed by atoms with Gasteiger partial charge in [0.25, 0.3) is 0 Å². The molecule has 168 valence electrons. The Kier molecular flexibility index (Phi) is 7.21. The maximum Gasteiger partial charge on any atom is 0.227 e. The number of hydrogen-bond donors (Lipinski definition) is 0. The van der Waals surface area contributed by atoms with E-state index in [1.54, 1.807) is 0 Å². The van der Waals surface area contributed by atoms with Crippen LogP contribution >= 0.6 is 0 Å². The summed E-state index contributed by atoms with van der Waals surface area (Å²) in [5.74, 6) is 1.04. The van der Waals surface area contributed by atoms with Crippen molar-refractivity contribution in [2.45, 2.75) is 54.2 Å². The summed E-state index contributed by atoms with van der Waals surface area (Å²) in [5, 5.41) is 0. The number of carbonyl (C=O) groups excluding carboxylic acids is 1. The molecule has 0 bridgehead atoms. The predicted molar refractivity (Wildman–Crippen MR) is 121 cm³/mol. The maximum absolute atomic E-state index is 12.5. The topological polar surface area (TPSA) is 63.0 Å². The molecule has 2 aromatic rings. The van der Waals surface area contributed by atoms with Crippen LogP contribution in [0.2, 0.25) is 0 Å². The van der Waals surface area contributed by atoms with E-state index in [0.29, 0.717) is 38.4 Å². The zero-order chi connectivity index (χ0) is 22.6. The molecule has 0 N–H and O–H groups in total. The van der Waals surface area contributed by atoms with Crippen LogP contribution in [-0.4, -0.2) is 41.9 Å². The molecule has 6 heteroatoms. The summed E-state index contributed by atoms with van der Waals surface area (Å²) in [7, 11) is 0. The lowest BCUT2D eigenvalue weighted by Gasteiger charge is -2.35. The van der Waals surface area contributed by atoms with Gasteiger partial charge in [0.15, 0.2) is 0 Å². The summed E-state index contributed by atoms with van der Waals surface area (Å²) in [6.07, 6.45) is 1.97. The van der Waals surface area contributed by atoms with Crippen LogP contribution in [-0.2, 0) is 17.9 Å². The van der Waals surface area contributed by atoms with Crippen molar-refractivity contribution in [2.24, 2.45) is 5.41 Å². The molecule has 0 unspecified atom stereocenters. The Bertz CT molecular complexity index is 946. The van der Waals surface area contributed by atoms with Gasteiger partial charge in [0.05, 0.1) is 6.54 Å². The predicted octanol–water partition coefficient (Wildman–Crippen LogP) is 3.92. The second-order valence-corrected chi connectivity index (χ2v) is 9.75. The molecule has 1 aromatic carbocycles. The minimum absolute atomic E-state index is 0.000386. The smallest absolute Gasteiger partial charge is 0.227 e. The van der Waals surface area contributed by atoms with Gasteiger partial charge in [-0.05, 0) is 24.8 Å². The van der Waals surface area contributed by atoms with Crippen LogP contribution in [0.3, 0.4) is 0 Å². The van der Waals surface area contributed by atoms with E-state index in [0.717, 1.165) is 18.7 Å². The highest BCUT2D eigenvalue weighted by Crippen LogP contribution is 2.21. The zero-order valence-corrected chi connectivity index (χ0v) is 19.4. The van der Waals surface area contributed by atoms with Crippen molar-refractivity contribution < 1.29 is 13.9 Å². The van der Waals surface area contributed by atoms with Crippen LogP contribution in [0.5, 0.6) is 5.75 Å². The van der Waals surface area contributed by atoms with E-state index in [2.05, 4.69) is 43.9 Å². The molecular weight excluding hydrogens is 392 g/mol. The van der Waals surface area contributed by atoms with Gasteiger partial charge in [-0.15, -0.1) is 0 Å². The van der Waals surface area contributed by atoms with Crippen molar-refractivity contribution in [1.29, 1.82) is 0 Å². The Morgan fingerprint density at radius 1 is 1.03 bits per heavy atom. The first-order chi connectivity index (χ1) is 14.6. The standard InChI is InChI=1S/C25H34N2O4/c1-18-10-19(2)12-20(11-18)16-31-23-17-30-21(13-22(23)28)15-26-6-8-27(9-7-26)24(29)14-25(3,4)5/h10-13,17H,6-9,14-16H2,1-5H3. The summed E-state index contributed by atoms with van der Waals surface area (Å²) in [4.78, 5) is 29.0. The fourth-order valence-corrected chi connectivity index (χ4v) is 3.88. The lowest BCUT2D eigenvalue weighted by Crippen LogP contribution is -2.48. The highest BCUT2D eigenvalue weighted by molar-refractivity contribution is 5.76. The quantitative estimate of drug-likeness (QED) is 0.701. The molecule has 3 rings (SSSR count). The van der Waals surface area contributed by atoms with E-state index in [-0.39, 0.29) is 22.5 Å². The van der Waals surface area contributed by atoms with Crippen LogP contribution < -0.4 is 10.2 Å². The molecule has 2 heterocycles. The first-order valence-corrected chi connectivity index (χ1v) is 10.9. The van der Waals surface area contributed by atoms with E-state index >= 15 is 0 Å². The minimum atomic E-state index is -0.176. The first kappa shape index (κ1) is 23.1. The van der Waals surface area contributed by atoms with Gasteiger partial charge in [0.2, 0.25) is 17.1 Å². The Morgan fingerprint density at radius 2 is 1.68 bits per heavy atom. The average molecular weight is 427 g/mol. The van der Waals surface area contributed by atoms with Gasteiger partial charge in [-0.25, -0.2) is 0 Å². The van der Waals surface area contributed by atoms with E-state index in [9.17, 15) is 9.59 Å². The van der Waals surface area contributed by atoms with E-state index < -0.39 is 0 Å². The lowest BCUT2D eigenvalue weighted by atomic mass is 9.91. The second-order valence-electron chi connectivity index (χ2n) is 9.75. The first-order valence-electron chi connectivity index (χ1n) is 10.9. The third kappa shape index (κ3) is 6.96. The molecule has 1 aromatic heterocycles. The summed E-state index contributed by atoms with van der Waals surface area (Å²) >= 11 is 0. The Morgan fingerprint density at radius 3 is 2.26 bits per heavy atom. The molecule has 31 heavy (non-hydrogen) atoms. The summed E-state index contributed by atoms with van der Waals surface area (Å²) in [6, 6.07) is 7.71. The third-order valence-electron chi connectivity index (χ3n) is 5.31. The molecule has 0 aliphatic carbocycles. The number of benzene rings is 1. The van der Waals surface area contributed by atoms with Gasteiger partial charge in [0, 0.05) is 38.7 Å². The third-order valence-corrected chi connectivity index (χ3v) is 5.31. The van der Waals surface area contributed by atoms with E-state index in [1.807, 2.05) is 18.7 Å². The molecule has 0 saturated carbocycles.